The standard InChI is InChI=1S/C14H19NO/c16-12-7-5-10(6-8-12)14-13-4-2-1-3-11(13)9-15-14/h5-8,11,13-16H,1-4,9H2. The molecule has 0 spiro atoms. The van der Waals surface area contributed by atoms with Crippen LogP contribution in [0, 0.1) is 11.8 Å². The second-order valence-corrected chi connectivity index (χ2v) is 5.19. The molecule has 16 heavy (non-hydrogen) atoms. The SMILES string of the molecule is Oc1ccc(C2NCC3CCCCC32)cc1. The third kappa shape index (κ3) is 1.71. The largest absolute Gasteiger partial charge is 0.508 e. The second-order valence-electron chi connectivity index (χ2n) is 5.19. The Bertz CT molecular complexity index is 360. The molecular weight excluding hydrogens is 198 g/mol. The van der Waals surface area contributed by atoms with Gasteiger partial charge < -0.3 is 10.4 Å². The van der Waals surface area contributed by atoms with Gasteiger partial charge in [0.1, 0.15) is 5.75 Å². The summed E-state index contributed by atoms with van der Waals surface area (Å²) >= 11 is 0. The number of hydrogen-bond donors (Lipinski definition) is 2. The van der Waals surface area contributed by atoms with Crippen molar-refractivity contribution in [1.29, 1.82) is 0 Å². The molecule has 1 aromatic rings. The third-order valence-electron chi connectivity index (χ3n) is 4.25. The van der Waals surface area contributed by atoms with E-state index in [0.717, 1.165) is 11.8 Å². The number of hydrogen-bond acceptors (Lipinski definition) is 2. The molecule has 0 aromatic heterocycles. The molecule has 1 saturated heterocycles. The van der Waals surface area contributed by atoms with Gasteiger partial charge in [-0.15, -0.1) is 0 Å². The molecule has 1 aromatic carbocycles. The zero-order valence-electron chi connectivity index (χ0n) is 9.52. The van der Waals surface area contributed by atoms with Crippen LogP contribution in [-0.2, 0) is 0 Å². The molecule has 2 N–H and O–H groups in total. The Morgan fingerprint density at radius 3 is 2.62 bits per heavy atom. The highest BCUT2D eigenvalue weighted by molar-refractivity contribution is 5.29. The first-order chi connectivity index (χ1) is 7.84. The van der Waals surface area contributed by atoms with E-state index in [0.29, 0.717) is 11.8 Å². The smallest absolute Gasteiger partial charge is 0.115 e. The lowest BCUT2D eigenvalue weighted by Crippen LogP contribution is -2.20. The fourth-order valence-electron chi connectivity index (χ4n) is 3.41. The summed E-state index contributed by atoms with van der Waals surface area (Å²) in [6.07, 6.45) is 5.55. The van der Waals surface area contributed by atoms with Crippen LogP contribution in [0.15, 0.2) is 24.3 Å². The van der Waals surface area contributed by atoms with Crippen molar-refractivity contribution in [3.05, 3.63) is 29.8 Å². The Morgan fingerprint density at radius 2 is 1.81 bits per heavy atom. The van der Waals surface area contributed by atoms with Crippen molar-refractivity contribution in [2.45, 2.75) is 31.7 Å². The van der Waals surface area contributed by atoms with E-state index in [1.807, 2.05) is 0 Å². The first-order valence-corrected chi connectivity index (χ1v) is 6.37. The highest BCUT2D eigenvalue weighted by atomic mass is 16.3. The number of fused-ring (bicyclic) bond motifs is 1. The van der Waals surface area contributed by atoms with Gasteiger partial charge in [0.25, 0.3) is 0 Å². The fraction of sp³-hybridized carbons (Fsp3) is 0.571. The molecule has 2 aliphatic rings. The van der Waals surface area contributed by atoms with Gasteiger partial charge in [0.2, 0.25) is 0 Å². The molecule has 2 fully saturated rings. The minimum absolute atomic E-state index is 0.363. The van der Waals surface area contributed by atoms with Crippen LogP contribution in [0.4, 0.5) is 0 Å². The maximum absolute atomic E-state index is 9.31. The van der Waals surface area contributed by atoms with Gasteiger partial charge in [-0.1, -0.05) is 25.0 Å². The first-order valence-electron chi connectivity index (χ1n) is 6.37. The van der Waals surface area contributed by atoms with Crippen LogP contribution in [-0.4, -0.2) is 11.7 Å². The van der Waals surface area contributed by atoms with Crippen molar-refractivity contribution in [3.8, 4) is 5.75 Å². The topological polar surface area (TPSA) is 32.3 Å². The molecule has 3 unspecified atom stereocenters. The predicted molar refractivity (Wildman–Crippen MR) is 64.3 cm³/mol. The zero-order chi connectivity index (χ0) is 11.0. The van der Waals surface area contributed by atoms with Crippen molar-refractivity contribution < 1.29 is 5.11 Å². The lowest BCUT2D eigenvalue weighted by atomic mass is 9.77. The normalized spacial score (nSPS) is 33.6. The summed E-state index contributed by atoms with van der Waals surface area (Å²) < 4.78 is 0. The average Bonchev–Trinajstić information content (AvgIpc) is 2.74. The Hall–Kier alpha value is -1.02. The zero-order valence-corrected chi connectivity index (χ0v) is 9.52. The Kier molecular flexibility index (Phi) is 2.60. The van der Waals surface area contributed by atoms with Gasteiger partial charge in [-0.3, -0.25) is 0 Å². The number of nitrogens with one attached hydrogen (secondary N) is 1. The molecule has 0 radical (unpaired) electrons. The van der Waals surface area contributed by atoms with Gasteiger partial charge in [-0.2, -0.15) is 0 Å². The van der Waals surface area contributed by atoms with E-state index in [4.69, 9.17) is 0 Å². The van der Waals surface area contributed by atoms with Crippen molar-refractivity contribution in [2.75, 3.05) is 6.54 Å². The van der Waals surface area contributed by atoms with E-state index in [1.54, 1.807) is 12.1 Å². The Labute approximate surface area is 96.7 Å². The van der Waals surface area contributed by atoms with Crippen molar-refractivity contribution >= 4 is 0 Å². The number of benzene rings is 1. The molecule has 2 nitrogen and oxygen atoms in total. The van der Waals surface area contributed by atoms with E-state index in [1.165, 1.54) is 37.8 Å². The van der Waals surface area contributed by atoms with Crippen molar-refractivity contribution in [2.24, 2.45) is 11.8 Å². The van der Waals surface area contributed by atoms with Gasteiger partial charge in [-0.25, -0.2) is 0 Å². The molecule has 1 saturated carbocycles. The van der Waals surface area contributed by atoms with Crippen LogP contribution >= 0.6 is 0 Å². The highest BCUT2D eigenvalue weighted by Crippen LogP contribution is 2.42. The minimum Gasteiger partial charge on any atom is -0.508 e. The monoisotopic (exact) mass is 217 g/mol. The van der Waals surface area contributed by atoms with E-state index in [-0.39, 0.29) is 0 Å². The molecule has 1 aliphatic heterocycles. The van der Waals surface area contributed by atoms with Crippen LogP contribution in [0.1, 0.15) is 37.3 Å². The summed E-state index contributed by atoms with van der Waals surface area (Å²) in [6, 6.07) is 8.24. The maximum Gasteiger partial charge on any atom is 0.115 e. The van der Waals surface area contributed by atoms with E-state index in [2.05, 4.69) is 17.4 Å². The van der Waals surface area contributed by atoms with E-state index >= 15 is 0 Å². The predicted octanol–water partition coefficient (Wildman–Crippen LogP) is 2.84. The Balaban J connectivity index is 1.82. The van der Waals surface area contributed by atoms with Crippen LogP contribution in [0.25, 0.3) is 0 Å². The molecule has 1 heterocycles. The summed E-state index contributed by atoms with van der Waals surface area (Å²) in [7, 11) is 0. The van der Waals surface area contributed by atoms with Gasteiger partial charge in [0, 0.05) is 6.04 Å². The van der Waals surface area contributed by atoms with Crippen molar-refractivity contribution in [3.63, 3.8) is 0 Å². The number of phenols is 1. The van der Waals surface area contributed by atoms with Crippen LogP contribution in [0.2, 0.25) is 0 Å². The van der Waals surface area contributed by atoms with Gasteiger partial charge in [-0.05, 0) is 48.9 Å². The van der Waals surface area contributed by atoms with Crippen molar-refractivity contribution in [1.82, 2.24) is 5.32 Å². The van der Waals surface area contributed by atoms with E-state index < -0.39 is 0 Å². The average molecular weight is 217 g/mol. The quantitative estimate of drug-likeness (QED) is 0.758. The molecule has 3 rings (SSSR count). The summed E-state index contributed by atoms with van der Waals surface area (Å²) in [5, 5.41) is 13.0. The number of rotatable bonds is 1. The highest BCUT2D eigenvalue weighted by Gasteiger charge is 2.37. The maximum atomic E-state index is 9.31. The summed E-state index contributed by atoms with van der Waals surface area (Å²) in [5.74, 6) is 2.06. The molecule has 2 heteroatoms. The van der Waals surface area contributed by atoms with E-state index in [9.17, 15) is 5.11 Å². The third-order valence-corrected chi connectivity index (χ3v) is 4.25. The summed E-state index contributed by atoms with van der Waals surface area (Å²) in [6.45, 7) is 1.18. The summed E-state index contributed by atoms with van der Waals surface area (Å²) in [4.78, 5) is 0. The van der Waals surface area contributed by atoms with Crippen LogP contribution < -0.4 is 5.32 Å². The number of aromatic hydroxyl groups is 1. The minimum atomic E-state index is 0.363. The van der Waals surface area contributed by atoms with Crippen LogP contribution in [0.5, 0.6) is 5.75 Å². The number of phenolic OH excluding ortho intramolecular Hbond substituents is 1. The summed E-state index contributed by atoms with van der Waals surface area (Å²) in [5.41, 5.74) is 1.34. The Morgan fingerprint density at radius 1 is 1.06 bits per heavy atom. The lowest BCUT2D eigenvalue weighted by Gasteiger charge is -2.28. The lowest BCUT2D eigenvalue weighted by molar-refractivity contribution is 0.266. The molecule has 0 amide bonds. The fourth-order valence-corrected chi connectivity index (χ4v) is 3.41. The van der Waals surface area contributed by atoms with Gasteiger partial charge in [0.05, 0.1) is 0 Å². The van der Waals surface area contributed by atoms with Gasteiger partial charge >= 0.3 is 0 Å². The van der Waals surface area contributed by atoms with Crippen LogP contribution in [0.3, 0.4) is 0 Å². The van der Waals surface area contributed by atoms with Gasteiger partial charge in [0.15, 0.2) is 0 Å². The molecule has 3 atom stereocenters. The molecule has 0 bridgehead atoms. The molecule has 1 aliphatic carbocycles. The second kappa shape index (κ2) is 4.10. The molecular formula is C14H19NO. The molecule has 86 valence electrons. The first kappa shape index (κ1) is 10.2.